The summed E-state index contributed by atoms with van der Waals surface area (Å²) < 4.78 is 37.9. The maximum Gasteiger partial charge on any atom is 0.389 e. The highest BCUT2D eigenvalue weighted by Gasteiger charge is 2.28. The van der Waals surface area contributed by atoms with Gasteiger partial charge in [0.15, 0.2) is 0 Å². The molecule has 0 saturated carbocycles. The Bertz CT molecular complexity index is 1020. The molecule has 0 spiro atoms. The Hall–Kier alpha value is -2.62. The number of hydrogen-bond acceptors (Lipinski definition) is 1. The molecule has 0 bridgehead atoms. The van der Waals surface area contributed by atoms with Crippen LogP contribution in [0.2, 0.25) is 0 Å². The molecule has 1 nitrogen and oxygen atoms in total. The molecule has 0 amide bonds. The zero-order chi connectivity index (χ0) is 18.5. The summed E-state index contributed by atoms with van der Waals surface area (Å²) in [6.45, 7) is 4.10. The van der Waals surface area contributed by atoms with Crippen molar-refractivity contribution in [3.63, 3.8) is 0 Å². The molecule has 0 aliphatic carbocycles. The van der Waals surface area contributed by atoms with Gasteiger partial charge in [-0.3, -0.25) is 0 Å². The van der Waals surface area contributed by atoms with Gasteiger partial charge >= 0.3 is 6.18 Å². The average molecular weight is 353 g/mol. The third-order valence-electron chi connectivity index (χ3n) is 4.77. The van der Waals surface area contributed by atoms with Crippen molar-refractivity contribution in [3.8, 4) is 0 Å². The molecular formula is C22H18F3N. The van der Waals surface area contributed by atoms with E-state index in [4.69, 9.17) is 4.99 Å². The lowest BCUT2D eigenvalue weighted by atomic mass is 9.93. The molecule has 0 fully saturated rings. The fourth-order valence-electron chi connectivity index (χ4n) is 3.74. The first-order chi connectivity index (χ1) is 12.3. The van der Waals surface area contributed by atoms with Gasteiger partial charge in [0.2, 0.25) is 0 Å². The number of benzene rings is 3. The summed E-state index contributed by atoms with van der Waals surface area (Å²) in [4.78, 5) is 4.79. The normalized spacial score (nSPS) is 13.3. The molecule has 0 unspecified atom stereocenters. The van der Waals surface area contributed by atoms with E-state index in [1.54, 1.807) is 0 Å². The number of aryl methyl sites for hydroxylation is 3. The van der Waals surface area contributed by atoms with Crippen LogP contribution in [0.1, 0.15) is 34.2 Å². The number of nitrogens with zero attached hydrogens (tertiary/aromatic N) is 1. The summed E-state index contributed by atoms with van der Waals surface area (Å²) in [7, 11) is 0. The fourth-order valence-corrected chi connectivity index (χ4v) is 3.74. The first kappa shape index (κ1) is 16.8. The third-order valence-corrected chi connectivity index (χ3v) is 4.77. The quantitative estimate of drug-likeness (QED) is 0.402. The Morgan fingerprint density at radius 2 is 1.65 bits per heavy atom. The highest BCUT2D eigenvalue weighted by atomic mass is 19.4. The van der Waals surface area contributed by atoms with Crippen LogP contribution in [0, 0.1) is 13.8 Å². The van der Waals surface area contributed by atoms with Crippen LogP contribution in [0.25, 0.3) is 10.8 Å². The largest absolute Gasteiger partial charge is 0.389 e. The maximum atomic E-state index is 12.6. The third kappa shape index (κ3) is 3.00. The molecule has 4 heteroatoms. The molecule has 0 saturated heterocycles. The van der Waals surface area contributed by atoms with Crippen LogP contribution in [0.5, 0.6) is 0 Å². The predicted molar refractivity (Wildman–Crippen MR) is 99.5 cm³/mol. The van der Waals surface area contributed by atoms with Crippen LogP contribution >= 0.6 is 0 Å². The van der Waals surface area contributed by atoms with E-state index in [0.29, 0.717) is 0 Å². The smallest absolute Gasteiger partial charge is 0.247 e. The second-order valence-electron chi connectivity index (χ2n) is 6.92. The molecule has 26 heavy (non-hydrogen) atoms. The molecule has 0 radical (unpaired) electrons. The standard InChI is InChI=1S/C22H18F3N/c1-13-10-14(2)12-16(11-13)21-18-7-6-15(8-9-22(23,24)25)17-4-3-5-19(26-21)20(17)18/h3-7,10-12H,8-9H2,1-2H3. The van der Waals surface area contributed by atoms with E-state index in [1.165, 1.54) is 0 Å². The van der Waals surface area contributed by atoms with E-state index in [1.807, 2.05) is 30.3 Å². The lowest BCUT2D eigenvalue weighted by Gasteiger charge is -2.11. The lowest BCUT2D eigenvalue weighted by Crippen LogP contribution is -2.09. The Kier molecular flexibility index (Phi) is 3.87. The van der Waals surface area contributed by atoms with Crippen molar-refractivity contribution in [3.05, 3.63) is 76.3 Å². The molecule has 3 aromatic rings. The van der Waals surface area contributed by atoms with Crippen LogP contribution in [0.15, 0.2) is 53.5 Å². The number of aliphatic imine (C=N–C) groups is 1. The summed E-state index contributed by atoms with van der Waals surface area (Å²) in [6, 6.07) is 15.7. The number of halogens is 3. The Balaban J connectivity index is 1.82. The van der Waals surface area contributed by atoms with Crippen molar-refractivity contribution in [1.29, 1.82) is 0 Å². The van der Waals surface area contributed by atoms with Gasteiger partial charge in [0.1, 0.15) is 0 Å². The van der Waals surface area contributed by atoms with E-state index in [0.717, 1.165) is 50.0 Å². The van der Waals surface area contributed by atoms with E-state index < -0.39 is 12.6 Å². The highest BCUT2D eigenvalue weighted by molar-refractivity contribution is 6.26. The second kappa shape index (κ2) is 5.97. The van der Waals surface area contributed by atoms with E-state index in [9.17, 15) is 13.2 Å². The van der Waals surface area contributed by atoms with Gasteiger partial charge < -0.3 is 0 Å². The summed E-state index contributed by atoms with van der Waals surface area (Å²) in [5.74, 6) is 0. The van der Waals surface area contributed by atoms with E-state index in [2.05, 4.69) is 32.0 Å². The topological polar surface area (TPSA) is 12.4 Å². The monoisotopic (exact) mass is 353 g/mol. The zero-order valence-corrected chi connectivity index (χ0v) is 14.6. The van der Waals surface area contributed by atoms with Gasteiger partial charge in [0.05, 0.1) is 11.4 Å². The van der Waals surface area contributed by atoms with Crippen molar-refractivity contribution in [1.82, 2.24) is 0 Å². The number of alkyl halides is 3. The first-order valence-electron chi connectivity index (χ1n) is 8.61. The Labute approximate surface area is 150 Å². The van der Waals surface area contributed by atoms with Gasteiger partial charge in [0.25, 0.3) is 0 Å². The van der Waals surface area contributed by atoms with Crippen molar-refractivity contribution in [2.45, 2.75) is 32.9 Å². The Morgan fingerprint density at radius 1 is 0.923 bits per heavy atom. The minimum Gasteiger partial charge on any atom is -0.247 e. The highest BCUT2D eigenvalue weighted by Crippen LogP contribution is 2.39. The summed E-state index contributed by atoms with van der Waals surface area (Å²) in [5.41, 5.74) is 6.82. The maximum absolute atomic E-state index is 12.6. The molecule has 3 aromatic carbocycles. The molecule has 132 valence electrons. The minimum atomic E-state index is -4.15. The van der Waals surface area contributed by atoms with Gasteiger partial charge in [-0.1, -0.05) is 41.5 Å². The van der Waals surface area contributed by atoms with Crippen LogP contribution in [0.4, 0.5) is 18.9 Å². The molecular weight excluding hydrogens is 335 g/mol. The van der Waals surface area contributed by atoms with Crippen molar-refractivity contribution >= 4 is 22.2 Å². The van der Waals surface area contributed by atoms with Crippen molar-refractivity contribution in [2.75, 3.05) is 0 Å². The fraction of sp³-hybridized carbons (Fsp3) is 0.227. The predicted octanol–water partition coefficient (Wildman–Crippen LogP) is 6.43. The van der Waals surface area contributed by atoms with Gasteiger partial charge in [-0.05, 0) is 49.4 Å². The van der Waals surface area contributed by atoms with Crippen LogP contribution in [-0.4, -0.2) is 11.9 Å². The average Bonchev–Trinajstić information content (AvgIpc) is 2.93. The zero-order valence-electron chi connectivity index (χ0n) is 14.6. The molecule has 4 rings (SSSR count). The first-order valence-corrected chi connectivity index (χ1v) is 8.61. The van der Waals surface area contributed by atoms with E-state index >= 15 is 0 Å². The molecule has 0 N–H and O–H groups in total. The second-order valence-corrected chi connectivity index (χ2v) is 6.92. The molecule has 1 aliphatic rings. The summed E-state index contributed by atoms with van der Waals surface area (Å²) in [5, 5.41) is 1.83. The van der Waals surface area contributed by atoms with Crippen molar-refractivity contribution in [2.24, 2.45) is 4.99 Å². The number of hydrogen-bond donors (Lipinski definition) is 0. The Morgan fingerprint density at radius 3 is 2.35 bits per heavy atom. The molecule has 0 aromatic heterocycles. The van der Waals surface area contributed by atoms with E-state index in [-0.39, 0.29) is 6.42 Å². The van der Waals surface area contributed by atoms with Crippen LogP contribution < -0.4 is 0 Å². The lowest BCUT2D eigenvalue weighted by molar-refractivity contribution is -0.133. The molecule has 1 heterocycles. The molecule has 0 atom stereocenters. The molecule has 1 aliphatic heterocycles. The summed E-state index contributed by atoms with van der Waals surface area (Å²) in [6.07, 6.45) is -4.97. The van der Waals surface area contributed by atoms with Gasteiger partial charge in [-0.15, -0.1) is 0 Å². The SMILES string of the molecule is Cc1cc(C)cc(C2=Nc3cccc4c(CCC(F)(F)F)ccc2c34)c1. The van der Waals surface area contributed by atoms with Crippen molar-refractivity contribution < 1.29 is 13.2 Å². The minimum absolute atomic E-state index is 0.0113. The summed E-state index contributed by atoms with van der Waals surface area (Å²) >= 11 is 0. The van der Waals surface area contributed by atoms with Gasteiger partial charge in [0, 0.05) is 22.9 Å². The van der Waals surface area contributed by atoms with Gasteiger partial charge in [-0.2, -0.15) is 13.2 Å². The van der Waals surface area contributed by atoms with Crippen LogP contribution in [-0.2, 0) is 6.42 Å². The van der Waals surface area contributed by atoms with Gasteiger partial charge in [-0.25, -0.2) is 4.99 Å². The van der Waals surface area contributed by atoms with Crippen LogP contribution in [0.3, 0.4) is 0 Å². The number of rotatable bonds is 3.